The van der Waals surface area contributed by atoms with Crippen LogP contribution in [0.15, 0.2) is 0 Å². The predicted molar refractivity (Wildman–Crippen MR) is 307 cm³/mol. The van der Waals surface area contributed by atoms with Crippen molar-refractivity contribution >= 4 is 90.8 Å². The summed E-state index contributed by atoms with van der Waals surface area (Å²) in [5.74, 6) is 0. The Morgan fingerprint density at radius 2 is 0.564 bits per heavy atom. The molecule has 0 aliphatic carbocycles. The van der Waals surface area contributed by atoms with Gasteiger partial charge in [0.15, 0.2) is 0 Å². The van der Waals surface area contributed by atoms with Gasteiger partial charge in [0.25, 0.3) is 0 Å². The van der Waals surface area contributed by atoms with Crippen molar-refractivity contribution in [2.75, 3.05) is 26.7 Å². The molecule has 0 atom stereocenters. The molecule has 0 fully saturated rings. The lowest BCUT2D eigenvalue weighted by Crippen LogP contribution is -2.49. The van der Waals surface area contributed by atoms with Crippen molar-refractivity contribution in [3.05, 3.63) is 0 Å². The molecule has 0 saturated carbocycles. The van der Waals surface area contributed by atoms with Crippen LogP contribution in [0.1, 0.15) is 62.3 Å². The smallest absolute Gasteiger partial charge is 0.0724 e. The van der Waals surface area contributed by atoms with Gasteiger partial charge in [-0.15, -0.1) is 20.8 Å². The van der Waals surface area contributed by atoms with Gasteiger partial charge in [-0.2, -0.15) is 0 Å². The van der Waals surface area contributed by atoms with Crippen molar-refractivity contribution in [3.63, 3.8) is 0 Å². The van der Waals surface area contributed by atoms with Crippen molar-refractivity contribution < 1.29 is 5.11 Å². The zero-order chi connectivity index (χ0) is 47.1. The Hall–Kier alpha value is 3.16. The van der Waals surface area contributed by atoms with E-state index in [1.54, 1.807) is 0 Å². The summed E-state index contributed by atoms with van der Waals surface area (Å²) >= 11 is 0. The summed E-state index contributed by atoms with van der Waals surface area (Å²) in [4.78, 5) is 2.38. The zero-order valence-electron chi connectivity index (χ0n) is 45.9. The molecule has 0 radical (unpaired) electrons. The van der Waals surface area contributed by atoms with E-state index in [-0.39, 0.29) is 0 Å². The maximum Gasteiger partial charge on any atom is 0.0724 e. The Labute approximate surface area is 367 Å². The van der Waals surface area contributed by atoms with E-state index in [9.17, 15) is 0 Å². The molecule has 0 bridgehead atoms. The van der Waals surface area contributed by atoms with Gasteiger partial charge >= 0.3 is 0 Å². The highest BCUT2D eigenvalue weighted by atomic mass is 31.8. The molecule has 0 aromatic rings. The zero-order valence-corrected chi connectivity index (χ0v) is 57.7. The maximum atomic E-state index is 7.00. The minimum atomic E-state index is -1.12. The lowest BCUT2D eigenvalue weighted by molar-refractivity contribution is 0.321. The van der Waals surface area contributed by atoms with Crippen molar-refractivity contribution in [3.8, 4) is 0 Å². The predicted octanol–water partition coefficient (Wildman–Crippen LogP) is 18.5. The van der Waals surface area contributed by atoms with Crippen LogP contribution >= 0.6 is 20.8 Å². The lowest BCUT2D eigenvalue weighted by Gasteiger charge is -2.54. The van der Waals surface area contributed by atoms with E-state index >= 15 is 0 Å². The summed E-state index contributed by atoms with van der Waals surface area (Å²) in [5.41, 5.74) is 0. The van der Waals surface area contributed by atoms with Gasteiger partial charge in [0.05, 0.1) is 61.9 Å². The third-order valence-corrected chi connectivity index (χ3v) is 142. The first-order chi connectivity index (χ1) is 23.3. The van der Waals surface area contributed by atoms with E-state index in [1.165, 1.54) is 27.3 Å². The van der Waals surface area contributed by atoms with Crippen LogP contribution in [-0.4, -0.2) is 107 Å². The topological polar surface area (TPSA) is 23.5 Å². The molecule has 0 rings (SSSR count). The Kier molecular flexibility index (Phi) is 33.9. The van der Waals surface area contributed by atoms with Gasteiger partial charge in [-0.1, -0.05) is 233 Å². The Morgan fingerprint density at radius 3 is 0.582 bits per heavy atom. The number of hydrogen-bond acceptors (Lipinski definition) is 2. The molecule has 0 aliphatic rings. The minimum absolute atomic E-state index is 0.343. The van der Waals surface area contributed by atoms with Gasteiger partial charge in [0.2, 0.25) is 0 Å². The first-order valence-corrected chi connectivity index (χ1v) is 63.6. The van der Waals surface area contributed by atoms with Gasteiger partial charge in [0, 0.05) is 15.2 Å². The first kappa shape index (κ1) is 69.8. The molecule has 0 heterocycles. The average molecular weight is 985 g/mol. The van der Waals surface area contributed by atoms with Crippen LogP contribution < -0.4 is 0 Å². The molecule has 0 aliphatic heterocycles. The van der Waals surface area contributed by atoms with Crippen molar-refractivity contribution in [2.24, 2.45) is 0 Å². The molecule has 0 aromatic carbocycles. The van der Waals surface area contributed by atoms with Gasteiger partial charge in [-0.05, 0) is 29.7 Å². The van der Waals surface area contributed by atoms with Crippen molar-refractivity contribution in [2.45, 2.75) is 243 Å². The van der Waals surface area contributed by atoms with Crippen LogP contribution in [0.4, 0.5) is 0 Å². The molecular weight excluding hydrogens is 868 g/mol. The van der Waals surface area contributed by atoms with Gasteiger partial charge in [0.1, 0.15) is 0 Å². The fourth-order valence-corrected chi connectivity index (χ4v) is 194. The number of nitrogens with zero attached hydrogens (tertiary/aromatic N) is 1. The van der Waals surface area contributed by atoms with E-state index in [0.29, 0.717) is 23.2 Å². The van der Waals surface area contributed by atoms with Crippen LogP contribution in [0.25, 0.3) is 0 Å². The van der Waals surface area contributed by atoms with Crippen molar-refractivity contribution in [1.29, 1.82) is 0 Å². The summed E-state index contributed by atoms with van der Waals surface area (Å²) in [6.45, 7) is 91.9. The van der Waals surface area contributed by atoms with E-state index in [4.69, 9.17) is 5.11 Å². The summed E-state index contributed by atoms with van der Waals surface area (Å²) < 4.78 is 0. The molecule has 55 heavy (non-hydrogen) atoms. The Bertz CT molecular complexity index is 881. The third-order valence-electron chi connectivity index (χ3n) is 10.1. The van der Waals surface area contributed by atoms with Gasteiger partial charge in [-0.25, -0.2) is 0 Å². The highest BCUT2D eigenvalue weighted by Gasteiger charge is 2.52. The number of aliphatic hydroxyl groups excluding tert-OH is 1. The van der Waals surface area contributed by atoms with Crippen LogP contribution in [0.3, 0.4) is 0 Å². The molecule has 342 valence electrons. The van der Waals surface area contributed by atoms with E-state index in [1.807, 2.05) is 0 Å². The highest BCUT2D eigenvalue weighted by molar-refractivity contribution is 8.37. The number of rotatable bonds is 11. The molecule has 0 aromatic heterocycles. The van der Waals surface area contributed by atoms with Crippen LogP contribution in [0.2, 0.25) is 180 Å². The molecule has 0 unspecified atom stereocenters. The summed E-state index contributed by atoms with van der Waals surface area (Å²) in [6.07, 6.45) is 0. The molecule has 1 N–H and O–H groups in total. The quantitative estimate of drug-likeness (QED) is 0.165. The summed E-state index contributed by atoms with van der Waals surface area (Å²) in [5, 5.41) is 8.15. The second-order valence-electron chi connectivity index (χ2n) is 26.1. The van der Waals surface area contributed by atoms with Crippen LogP contribution in [0.5, 0.6) is 0 Å². The number of aliphatic hydroxyl groups is 1. The van der Waals surface area contributed by atoms with E-state index in [2.05, 4.69) is 237 Å². The molecule has 0 spiro atoms. The molecule has 2 nitrogen and oxygen atoms in total. The van der Waals surface area contributed by atoms with Gasteiger partial charge in [-0.3, -0.25) is 0 Å². The largest absolute Gasteiger partial charge is 0.400 e. The second-order valence-corrected chi connectivity index (χ2v) is 121. The van der Waals surface area contributed by atoms with Crippen molar-refractivity contribution in [1.82, 2.24) is 4.90 Å². The summed E-state index contributed by atoms with van der Waals surface area (Å²) in [6, 6.07) is 0. The third kappa shape index (κ3) is 36.4. The molecule has 14 heteroatoms. The molecule has 0 saturated heterocycles. The van der Waals surface area contributed by atoms with Gasteiger partial charge < -0.3 is 10.0 Å². The minimum Gasteiger partial charge on any atom is -0.400 e. The molecular formula is C41H116NOP3Si9. The first-order valence-electron chi connectivity index (χ1n) is 21.9. The number of hydrogen-bond donors (Lipinski definition) is 1. The van der Waals surface area contributed by atoms with Crippen LogP contribution in [0, 0.1) is 0 Å². The van der Waals surface area contributed by atoms with Crippen LogP contribution in [-0.2, 0) is 0 Å². The summed E-state index contributed by atoms with van der Waals surface area (Å²) in [7, 11) is -5.62. The Balaban J connectivity index is -0.000000139. The lowest BCUT2D eigenvalue weighted by atomic mass is 10.2. The van der Waals surface area contributed by atoms with E-state index < -0.39 is 70.0 Å². The standard InChI is InChI=1S/C12H33PSi3.C9H27PSi3.C7H18Si.C6H15N.C6H19PSi2.CH4O/c1-12(2,3)16(10,11)13(14(4,5)6)15(7,8)9;1-11(2,3)10(12(4,5)6)13(7,8)9;1-7(2,3)8(4,5)6;1-4-7(5-2)6-3;1-8(2,3)7-9(4,5)6;1-2/h1-11H3;1-9H3;1-6H3;4-6H2,1-3H3;7H,1-6H3;2H,1H3. The highest BCUT2D eigenvalue weighted by Crippen LogP contribution is 2.67. The SMILES string of the molecule is CC(C)(C)[Si](C)(C)C.CC(C)(C)[Si](C)(C)P([Si](C)(C)C)[Si](C)(C)C.CCN(CC)CC.CO.C[Si](C)(C)P([Si](C)(C)C)[Si](C)(C)C.C[Si](C)(C)P[Si](C)(C)C. The average Bonchev–Trinajstić information content (AvgIpc) is 2.78. The normalized spacial score (nSPS) is 14.0. The second kappa shape index (κ2) is 26.7. The molecule has 0 amide bonds. The van der Waals surface area contributed by atoms with E-state index in [0.717, 1.165) is 7.11 Å². The maximum absolute atomic E-state index is 7.00. The fourth-order valence-electron chi connectivity index (χ4n) is 7.83. The fraction of sp³-hybridized carbons (Fsp3) is 1.00. The monoisotopic (exact) mass is 984 g/mol. The Morgan fingerprint density at radius 1 is 0.382 bits per heavy atom.